The second-order valence-corrected chi connectivity index (χ2v) is 4.46. The van der Waals surface area contributed by atoms with Gasteiger partial charge in [0.25, 0.3) is 0 Å². The fourth-order valence-corrected chi connectivity index (χ4v) is 2.51. The summed E-state index contributed by atoms with van der Waals surface area (Å²) in [5, 5.41) is 1.23. The Morgan fingerprint density at radius 1 is 1.23 bits per heavy atom. The third-order valence-corrected chi connectivity index (χ3v) is 3.59. The Morgan fingerprint density at radius 3 is 2.62 bits per heavy atom. The summed E-state index contributed by atoms with van der Waals surface area (Å²) >= 11 is 3.58. The van der Waals surface area contributed by atoms with Crippen molar-refractivity contribution in [1.82, 2.24) is 4.98 Å². The maximum atomic E-state index is 3.70. The number of thioether (sulfide) groups is 2. The Balaban J connectivity index is 2.54. The van der Waals surface area contributed by atoms with Crippen LogP contribution in [0.3, 0.4) is 0 Å². The van der Waals surface area contributed by atoms with Crippen LogP contribution in [-0.4, -0.2) is 16.5 Å². The van der Waals surface area contributed by atoms with Crippen LogP contribution in [-0.2, 0) is 0 Å². The quantitative estimate of drug-likeness (QED) is 0.572. The molecule has 1 aromatic rings. The molecule has 1 heterocycles. The zero-order chi connectivity index (χ0) is 9.52. The molecule has 0 bridgehead atoms. The van der Waals surface area contributed by atoms with E-state index in [0.717, 1.165) is 11.5 Å². The van der Waals surface area contributed by atoms with Crippen molar-refractivity contribution in [1.29, 1.82) is 0 Å². The molecule has 0 atom stereocenters. The summed E-state index contributed by atoms with van der Waals surface area (Å²) in [7, 11) is 0. The van der Waals surface area contributed by atoms with Gasteiger partial charge in [0.15, 0.2) is 0 Å². The van der Waals surface area contributed by atoms with E-state index in [4.69, 9.17) is 0 Å². The van der Waals surface area contributed by atoms with Crippen LogP contribution in [0.5, 0.6) is 0 Å². The normalized spacial score (nSPS) is 9.85. The fourth-order valence-electron chi connectivity index (χ4n) is 0.857. The molecule has 0 amide bonds. The van der Waals surface area contributed by atoms with E-state index < -0.39 is 0 Å². The molecule has 0 aliphatic heterocycles. The first-order valence-corrected chi connectivity index (χ1v) is 6.00. The zero-order valence-corrected chi connectivity index (χ0v) is 9.09. The van der Waals surface area contributed by atoms with E-state index in [0.29, 0.717) is 0 Å². The largest absolute Gasteiger partial charge is 0.356 e. The van der Waals surface area contributed by atoms with Crippen molar-refractivity contribution in [3.63, 3.8) is 0 Å². The van der Waals surface area contributed by atoms with E-state index in [1.807, 2.05) is 18.3 Å². The SMILES string of the molecule is C=CCSc1cc[nH]c1SCC=C. The molecule has 0 unspecified atom stereocenters. The fraction of sp³-hybridized carbons (Fsp3) is 0.200. The number of aromatic nitrogens is 1. The molecule has 0 spiro atoms. The van der Waals surface area contributed by atoms with Gasteiger partial charge < -0.3 is 4.98 Å². The van der Waals surface area contributed by atoms with Gasteiger partial charge in [0.2, 0.25) is 0 Å². The van der Waals surface area contributed by atoms with Gasteiger partial charge in [0.05, 0.1) is 5.03 Å². The molecule has 3 heteroatoms. The molecule has 0 radical (unpaired) electrons. The first kappa shape index (κ1) is 10.5. The topological polar surface area (TPSA) is 15.8 Å². The Kier molecular flexibility index (Phi) is 4.86. The Bertz CT molecular complexity index is 252. The lowest BCUT2D eigenvalue weighted by atomic mass is 10.7. The lowest BCUT2D eigenvalue weighted by molar-refractivity contribution is 1.13. The van der Waals surface area contributed by atoms with Crippen LogP contribution < -0.4 is 0 Å². The van der Waals surface area contributed by atoms with Crippen molar-refractivity contribution in [2.45, 2.75) is 9.92 Å². The molecule has 0 saturated heterocycles. The van der Waals surface area contributed by atoms with E-state index in [2.05, 4.69) is 24.2 Å². The second kappa shape index (κ2) is 6.00. The zero-order valence-electron chi connectivity index (χ0n) is 7.45. The molecular weight excluding hydrogens is 198 g/mol. The summed E-state index contributed by atoms with van der Waals surface area (Å²) in [6.07, 6.45) is 5.80. The average Bonchev–Trinajstić information content (AvgIpc) is 2.59. The molecule has 0 saturated carbocycles. The standard InChI is InChI=1S/C10H13NS2/c1-3-7-12-9-5-6-11-10(9)13-8-4-2/h3-6,11H,1-2,7-8H2. The van der Waals surface area contributed by atoms with E-state index in [9.17, 15) is 0 Å². The number of H-pyrrole nitrogens is 1. The Hall–Kier alpha value is -0.540. The molecule has 70 valence electrons. The van der Waals surface area contributed by atoms with Gasteiger partial charge in [-0.15, -0.1) is 36.7 Å². The molecule has 13 heavy (non-hydrogen) atoms. The minimum Gasteiger partial charge on any atom is -0.356 e. The number of hydrogen-bond acceptors (Lipinski definition) is 2. The monoisotopic (exact) mass is 211 g/mol. The molecule has 1 N–H and O–H groups in total. The minimum atomic E-state index is 0.947. The molecule has 0 aliphatic rings. The van der Waals surface area contributed by atoms with Crippen LogP contribution in [0.4, 0.5) is 0 Å². The van der Waals surface area contributed by atoms with Crippen molar-refractivity contribution >= 4 is 23.5 Å². The lowest BCUT2D eigenvalue weighted by Gasteiger charge is -1.99. The minimum absolute atomic E-state index is 0.947. The van der Waals surface area contributed by atoms with Crippen LogP contribution in [0, 0.1) is 0 Å². The van der Waals surface area contributed by atoms with Crippen molar-refractivity contribution in [3.8, 4) is 0 Å². The molecule has 1 aromatic heterocycles. The van der Waals surface area contributed by atoms with E-state index in [-0.39, 0.29) is 0 Å². The lowest BCUT2D eigenvalue weighted by Crippen LogP contribution is -1.77. The van der Waals surface area contributed by atoms with Gasteiger partial charge in [-0.2, -0.15) is 0 Å². The maximum Gasteiger partial charge on any atom is 0.0863 e. The number of aromatic amines is 1. The Labute approximate surface area is 87.7 Å². The predicted octanol–water partition coefficient (Wildman–Crippen LogP) is 3.57. The number of nitrogens with one attached hydrogen (secondary N) is 1. The van der Waals surface area contributed by atoms with Gasteiger partial charge in [-0.05, 0) is 6.07 Å². The van der Waals surface area contributed by atoms with Gasteiger partial charge in [0.1, 0.15) is 0 Å². The first-order chi connectivity index (χ1) is 6.38. The molecule has 0 aromatic carbocycles. The van der Waals surface area contributed by atoms with Crippen molar-refractivity contribution in [3.05, 3.63) is 37.6 Å². The van der Waals surface area contributed by atoms with E-state index >= 15 is 0 Å². The molecule has 0 fully saturated rings. The maximum absolute atomic E-state index is 3.70. The highest BCUT2D eigenvalue weighted by atomic mass is 32.2. The average molecular weight is 211 g/mol. The van der Waals surface area contributed by atoms with Crippen LogP contribution in [0.1, 0.15) is 0 Å². The second-order valence-electron chi connectivity index (χ2n) is 2.37. The third kappa shape index (κ3) is 3.36. The number of hydrogen-bond donors (Lipinski definition) is 1. The molecular formula is C10H13NS2. The van der Waals surface area contributed by atoms with Crippen LogP contribution in [0.15, 0.2) is 47.5 Å². The van der Waals surface area contributed by atoms with Crippen LogP contribution >= 0.6 is 23.5 Å². The summed E-state index contributed by atoms with van der Waals surface area (Å²) < 4.78 is 0. The summed E-state index contributed by atoms with van der Waals surface area (Å²) in [5.74, 6) is 1.90. The predicted molar refractivity (Wildman–Crippen MR) is 62.6 cm³/mol. The van der Waals surface area contributed by atoms with Gasteiger partial charge in [0, 0.05) is 22.6 Å². The van der Waals surface area contributed by atoms with Crippen molar-refractivity contribution < 1.29 is 0 Å². The van der Waals surface area contributed by atoms with E-state index in [1.54, 1.807) is 23.5 Å². The highest BCUT2D eigenvalue weighted by Crippen LogP contribution is 2.29. The van der Waals surface area contributed by atoms with Crippen LogP contribution in [0.25, 0.3) is 0 Å². The summed E-state index contributed by atoms with van der Waals surface area (Å²) in [6, 6.07) is 2.10. The highest BCUT2D eigenvalue weighted by Gasteiger charge is 2.02. The van der Waals surface area contributed by atoms with Gasteiger partial charge >= 0.3 is 0 Å². The molecule has 0 aliphatic carbocycles. The summed E-state index contributed by atoms with van der Waals surface area (Å²) in [5.41, 5.74) is 0. The number of rotatable bonds is 6. The highest BCUT2D eigenvalue weighted by molar-refractivity contribution is 8.02. The van der Waals surface area contributed by atoms with Crippen molar-refractivity contribution in [2.75, 3.05) is 11.5 Å². The van der Waals surface area contributed by atoms with Gasteiger partial charge in [-0.25, -0.2) is 0 Å². The molecule has 1 rings (SSSR count). The third-order valence-electron chi connectivity index (χ3n) is 1.38. The Morgan fingerprint density at radius 2 is 1.92 bits per heavy atom. The first-order valence-electron chi connectivity index (χ1n) is 4.03. The van der Waals surface area contributed by atoms with Crippen LogP contribution in [0.2, 0.25) is 0 Å². The van der Waals surface area contributed by atoms with Crippen molar-refractivity contribution in [2.24, 2.45) is 0 Å². The smallest absolute Gasteiger partial charge is 0.0863 e. The van der Waals surface area contributed by atoms with Gasteiger partial charge in [-0.3, -0.25) is 0 Å². The summed E-state index contributed by atoms with van der Waals surface area (Å²) in [6.45, 7) is 7.39. The molecule has 1 nitrogen and oxygen atoms in total. The summed E-state index contributed by atoms with van der Waals surface area (Å²) in [4.78, 5) is 4.51. The van der Waals surface area contributed by atoms with E-state index in [1.165, 1.54) is 9.92 Å². The van der Waals surface area contributed by atoms with Gasteiger partial charge in [-0.1, -0.05) is 12.2 Å².